The van der Waals surface area contributed by atoms with E-state index >= 15 is 0 Å². The Morgan fingerprint density at radius 2 is 1.59 bits per heavy atom. The van der Waals surface area contributed by atoms with Gasteiger partial charge in [-0.3, -0.25) is 14.5 Å². The summed E-state index contributed by atoms with van der Waals surface area (Å²) < 4.78 is 5.43. The van der Waals surface area contributed by atoms with Crippen LogP contribution in [0.25, 0.3) is 6.08 Å². The highest BCUT2D eigenvalue weighted by Gasteiger charge is 2.24. The second-order valence-corrected chi connectivity index (χ2v) is 10.8. The van der Waals surface area contributed by atoms with E-state index in [2.05, 4.69) is 50.8 Å². The normalized spacial score (nSPS) is 16.5. The number of ether oxygens (including phenoxy) is 1. The number of hydrogen-bond acceptors (Lipinski definition) is 5. The third-order valence-corrected chi connectivity index (χ3v) is 7.88. The van der Waals surface area contributed by atoms with E-state index in [1.54, 1.807) is 6.08 Å². The lowest BCUT2D eigenvalue weighted by Crippen LogP contribution is -2.41. The van der Waals surface area contributed by atoms with Crippen molar-refractivity contribution in [2.75, 3.05) is 62.7 Å². The molecule has 7 heteroatoms. The van der Waals surface area contributed by atoms with E-state index in [4.69, 9.17) is 4.74 Å². The van der Waals surface area contributed by atoms with Crippen molar-refractivity contribution < 1.29 is 14.3 Å². The Balaban J connectivity index is 1.26. The average molecular weight is 553 g/mol. The maximum Gasteiger partial charge on any atom is 0.253 e. The third-order valence-electron chi connectivity index (χ3n) is 7.88. The van der Waals surface area contributed by atoms with Crippen LogP contribution in [0.1, 0.15) is 34.3 Å². The van der Waals surface area contributed by atoms with Gasteiger partial charge in [0.25, 0.3) is 5.91 Å². The van der Waals surface area contributed by atoms with E-state index in [0.29, 0.717) is 23.7 Å². The maximum absolute atomic E-state index is 13.5. The summed E-state index contributed by atoms with van der Waals surface area (Å²) in [5.41, 5.74) is 4.46. The molecule has 2 N–H and O–H groups in total. The quantitative estimate of drug-likeness (QED) is 0.352. The molecule has 3 aromatic carbocycles. The highest BCUT2D eigenvalue weighted by molar-refractivity contribution is 6.05. The Hall–Kier alpha value is -3.94. The van der Waals surface area contributed by atoms with Gasteiger partial charge in [0, 0.05) is 56.7 Å². The third kappa shape index (κ3) is 8.52. The second-order valence-electron chi connectivity index (χ2n) is 10.8. The minimum atomic E-state index is -0.234. The fourth-order valence-electron chi connectivity index (χ4n) is 5.56. The molecule has 2 fully saturated rings. The molecule has 2 aliphatic rings. The van der Waals surface area contributed by atoms with Gasteiger partial charge in [-0.2, -0.15) is 0 Å². The SMILES string of the molecule is O=C(C=Cc1ccccc1)Nc1ccc(N2CCC(Cc3ccccc3)CC2)c(C(=O)NCCN2CCOCC2)c1. The van der Waals surface area contributed by atoms with Crippen LogP contribution in [0, 0.1) is 5.92 Å². The first-order valence-electron chi connectivity index (χ1n) is 14.7. The molecule has 0 spiro atoms. The first-order valence-corrected chi connectivity index (χ1v) is 14.7. The van der Waals surface area contributed by atoms with Crippen LogP contribution in [0.4, 0.5) is 11.4 Å². The number of piperidine rings is 1. The molecule has 0 aromatic heterocycles. The predicted molar refractivity (Wildman–Crippen MR) is 165 cm³/mol. The Bertz CT molecular complexity index is 1300. The van der Waals surface area contributed by atoms with Gasteiger partial charge in [0.15, 0.2) is 0 Å². The van der Waals surface area contributed by atoms with Crippen LogP contribution < -0.4 is 15.5 Å². The van der Waals surface area contributed by atoms with Crippen LogP contribution in [0.3, 0.4) is 0 Å². The smallest absolute Gasteiger partial charge is 0.253 e. The highest BCUT2D eigenvalue weighted by atomic mass is 16.5. The lowest BCUT2D eigenvalue weighted by Gasteiger charge is -2.35. The number of amides is 2. The van der Waals surface area contributed by atoms with Crippen LogP contribution >= 0.6 is 0 Å². The van der Waals surface area contributed by atoms with Gasteiger partial charge in [0.05, 0.1) is 18.8 Å². The summed E-state index contributed by atoms with van der Waals surface area (Å²) in [5, 5.41) is 6.05. The van der Waals surface area contributed by atoms with E-state index in [9.17, 15) is 9.59 Å². The molecule has 0 atom stereocenters. The van der Waals surface area contributed by atoms with E-state index in [0.717, 1.165) is 76.5 Å². The van der Waals surface area contributed by atoms with Gasteiger partial charge in [0.2, 0.25) is 5.91 Å². The predicted octanol–water partition coefficient (Wildman–Crippen LogP) is 4.86. The van der Waals surface area contributed by atoms with Gasteiger partial charge >= 0.3 is 0 Å². The lowest BCUT2D eigenvalue weighted by atomic mass is 9.89. The summed E-state index contributed by atoms with van der Waals surface area (Å²) in [4.78, 5) is 30.8. The molecule has 2 saturated heterocycles. The number of carbonyl (C=O) groups is 2. The van der Waals surface area contributed by atoms with Crippen molar-refractivity contribution >= 4 is 29.3 Å². The standard InChI is InChI=1S/C34H40N4O3/c39-33(14-11-27-7-3-1-4-8-27)36-30-12-13-32(31(26-30)34(40)35-17-20-37-21-23-41-24-22-37)38-18-15-29(16-19-38)25-28-9-5-2-6-10-28/h1-14,26,29H,15-25H2,(H,35,40)(H,36,39). The summed E-state index contributed by atoms with van der Waals surface area (Å²) >= 11 is 0. The van der Waals surface area contributed by atoms with E-state index in [-0.39, 0.29) is 11.8 Å². The molecule has 5 rings (SSSR count). The van der Waals surface area contributed by atoms with Crippen LogP contribution in [0.2, 0.25) is 0 Å². The molecule has 0 bridgehead atoms. The van der Waals surface area contributed by atoms with Crippen molar-refractivity contribution in [3.63, 3.8) is 0 Å². The Labute approximate surface area is 243 Å². The number of anilines is 2. The van der Waals surface area contributed by atoms with Gasteiger partial charge in [-0.25, -0.2) is 0 Å². The number of benzene rings is 3. The van der Waals surface area contributed by atoms with Gasteiger partial charge in [0.1, 0.15) is 0 Å². The van der Waals surface area contributed by atoms with Crippen LogP contribution in [-0.2, 0) is 16.0 Å². The Morgan fingerprint density at radius 1 is 0.878 bits per heavy atom. The van der Waals surface area contributed by atoms with E-state index < -0.39 is 0 Å². The molecule has 7 nitrogen and oxygen atoms in total. The van der Waals surface area contributed by atoms with Crippen molar-refractivity contribution in [1.29, 1.82) is 0 Å². The number of carbonyl (C=O) groups excluding carboxylic acids is 2. The zero-order valence-electron chi connectivity index (χ0n) is 23.6. The largest absolute Gasteiger partial charge is 0.379 e. The molecule has 0 aliphatic carbocycles. The average Bonchev–Trinajstić information content (AvgIpc) is 3.02. The minimum Gasteiger partial charge on any atom is -0.379 e. The number of nitrogens with one attached hydrogen (secondary N) is 2. The monoisotopic (exact) mass is 552 g/mol. The molecule has 2 heterocycles. The van der Waals surface area contributed by atoms with Crippen molar-refractivity contribution in [3.05, 3.63) is 102 Å². The molecule has 3 aromatic rings. The zero-order valence-corrected chi connectivity index (χ0v) is 23.6. The minimum absolute atomic E-state index is 0.115. The summed E-state index contributed by atoms with van der Waals surface area (Å²) in [5.74, 6) is 0.284. The second kappa shape index (κ2) is 14.6. The zero-order chi connectivity index (χ0) is 28.3. The maximum atomic E-state index is 13.5. The molecule has 2 aliphatic heterocycles. The summed E-state index contributed by atoms with van der Waals surface area (Å²) in [7, 11) is 0. The first-order chi connectivity index (χ1) is 20.1. The summed E-state index contributed by atoms with van der Waals surface area (Å²) in [6.45, 7) is 6.39. The molecular formula is C34H40N4O3. The summed E-state index contributed by atoms with van der Waals surface area (Å²) in [6.07, 6.45) is 6.54. The van der Waals surface area contributed by atoms with Crippen LogP contribution in [0.15, 0.2) is 84.9 Å². The molecule has 2 amide bonds. The first kappa shape index (κ1) is 28.6. The van der Waals surface area contributed by atoms with Gasteiger partial charge < -0.3 is 20.3 Å². The lowest BCUT2D eigenvalue weighted by molar-refractivity contribution is -0.111. The molecule has 214 valence electrons. The van der Waals surface area contributed by atoms with Crippen molar-refractivity contribution in [2.24, 2.45) is 5.92 Å². The van der Waals surface area contributed by atoms with Crippen molar-refractivity contribution in [2.45, 2.75) is 19.3 Å². The number of hydrogen-bond donors (Lipinski definition) is 2. The molecular weight excluding hydrogens is 512 g/mol. The van der Waals surface area contributed by atoms with Crippen LogP contribution in [0.5, 0.6) is 0 Å². The number of rotatable bonds is 10. The molecule has 0 saturated carbocycles. The van der Waals surface area contributed by atoms with E-state index in [1.165, 1.54) is 11.6 Å². The highest BCUT2D eigenvalue weighted by Crippen LogP contribution is 2.30. The summed E-state index contributed by atoms with van der Waals surface area (Å²) in [6, 6.07) is 26.1. The van der Waals surface area contributed by atoms with Gasteiger partial charge in [-0.1, -0.05) is 60.7 Å². The number of morpholine rings is 1. The van der Waals surface area contributed by atoms with Gasteiger partial charge in [-0.15, -0.1) is 0 Å². The van der Waals surface area contributed by atoms with Crippen molar-refractivity contribution in [3.8, 4) is 0 Å². The topological polar surface area (TPSA) is 73.9 Å². The fourth-order valence-corrected chi connectivity index (χ4v) is 5.56. The van der Waals surface area contributed by atoms with Crippen LogP contribution in [-0.4, -0.2) is 69.2 Å². The van der Waals surface area contributed by atoms with Gasteiger partial charge in [-0.05, 0) is 60.6 Å². The molecule has 41 heavy (non-hydrogen) atoms. The molecule has 0 unspecified atom stereocenters. The Kier molecular flexibility index (Phi) is 10.2. The number of nitrogens with zero attached hydrogens (tertiary/aromatic N) is 2. The fraction of sp³-hybridized carbons (Fsp3) is 0.353. The van der Waals surface area contributed by atoms with E-state index in [1.807, 2.05) is 48.5 Å². The van der Waals surface area contributed by atoms with Crippen molar-refractivity contribution in [1.82, 2.24) is 10.2 Å². The Morgan fingerprint density at radius 3 is 2.32 bits per heavy atom. The molecule has 0 radical (unpaired) electrons.